The lowest BCUT2D eigenvalue weighted by atomic mass is 10.1. The molecule has 0 saturated heterocycles. The lowest BCUT2D eigenvalue weighted by molar-refractivity contribution is 0.0541. The van der Waals surface area contributed by atoms with Gasteiger partial charge in [-0.1, -0.05) is 6.07 Å². The summed E-state index contributed by atoms with van der Waals surface area (Å²) in [7, 11) is 0. The van der Waals surface area contributed by atoms with E-state index in [0.717, 1.165) is 27.9 Å². The van der Waals surface area contributed by atoms with E-state index in [2.05, 4.69) is 4.98 Å². The van der Waals surface area contributed by atoms with Crippen LogP contribution in [0.4, 0.5) is 4.79 Å². The predicted octanol–water partition coefficient (Wildman–Crippen LogP) is 4.24. The van der Waals surface area contributed by atoms with Crippen LogP contribution in [-0.4, -0.2) is 33.0 Å². The first kappa shape index (κ1) is 19.9. The highest BCUT2D eigenvalue weighted by Crippen LogP contribution is 2.31. The monoisotopic (exact) mass is 382 g/mol. The number of nitrogens with zero attached hydrogens (tertiary/aromatic N) is 2. The first-order chi connectivity index (χ1) is 13.3. The van der Waals surface area contributed by atoms with Crippen molar-refractivity contribution < 1.29 is 19.4 Å². The Morgan fingerprint density at radius 3 is 2.64 bits per heavy atom. The number of pyridine rings is 1. The molecule has 6 heteroatoms. The summed E-state index contributed by atoms with van der Waals surface area (Å²) in [5.41, 5.74) is 2.65. The van der Waals surface area contributed by atoms with E-state index in [4.69, 9.17) is 9.47 Å². The Hall–Kier alpha value is -2.86. The van der Waals surface area contributed by atoms with Crippen LogP contribution in [0, 0.1) is 6.92 Å². The maximum Gasteiger partial charge on any atom is 0.419 e. The number of ether oxygens (including phenoxy) is 2. The molecule has 2 aromatic heterocycles. The number of hydrogen-bond acceptors (Lipinski definition) is 5. The summed E-state index contributed by atoms with van der Waals surface area (Å²) < 4.78 is 13.0. The predicted molar refractivity (Wildman–Crippen MR) is 108 cm³/mol. The van der Waals surface area contributed by atoms with Gasteiger partial charge in [-0.05, 0) is 70.0 Å². The molecule has 1 N–H and O–H groups in total. The minimum Gasteiger partial charge on any atom is -0.487 e. The molecule has 0 saturated carbocycles. The van der Waals surface area contributed by atoms with Gasteiger partial charge in [0.2, 0.25) is 0 Å². The molecular weight excluding hydrogens is 356 g/mol. The van der Waals surface area contributed by atoms with Gasteiger partial charge in [0.1, 0.15) is 18.0 Å². The summed E-state index contributed by atoms with van der Waals surface area (Å²) in [6, 6.07) is 11.3. The van der Waals surface area contributed by atoms with E-state index < -0.39 is 11.7 Å². The van der Waals surface area contributed by atoms with Gasteiger partial charge in [0.25, 0.3) is 0 Å². The van der Waals surface area contributed by atoms with E-state index in [-0.39, 0.29) is 6.61 Å². The van der Waals surface area contributed by atoms with Crippen molar-refractivity contribution in [2.24, 2.45) is 0 Å². The maximum absolute atomic E-state index is 12.7. The Morgan fingerprint density at radius 1 is 1.21 bits per heavy atom. The van der Waals surface area contributed by atoms with E-state index in [9.17, 15) is 9.90 Å². The third kappa shape index (κ3) is 4.34. The smallest absolute Gasteiger partial charge is 0.419 e. The average molecular weight is 382 g/mol. The Kier molecular flexibility index (Phi) is 5.70. The first-order valence-electron chi connectivity index (χ1n) is 9.31. The summed E-state index contributed by atoms with van der Waals surface area (Å²) in [6.45, 7) is 7.72. The molecule has 2 heterocycles. The molecule has 0 bridgehead atoms. The Morgan fingerprint density at radius 2 is 2.00 bits per heavy atom. The van der Waals surface area contributed by atoms with Crippen molar-refractivity contribution in [1.29, 1.82) is 0 Å². The second-order valence-electron chi connectivity index (χ2n) is 7.64. The summed E-state index contributed by atoms with van der Waals surface area (Å²) >= 11 is 0. The molecule has 0 spiro atoms. The summed E-state index contributed by atoms with van der Waals surface area (Å²) in [4.78, 5) is 17.0. The Labute approximate surface area is 164 Å². The van der Waals surface area contributed by atoms with Gasteiger partial charge >= 0.3 is 6.09 Å². The van der Waals surface area contributed by atoms with E-state index in [1.807, 2.05) is 64.1 Å². The van der Waals surface area contributed by atoms with Crippen LogP contribution in [0.15, 0.2) is 42.6 Å². The number of carbonyl (C=O) groups is 1. The number of benzene rings is 1. The van der Waals surface area contributed by atoms with E-state index >= 15 is 0 Å². The van der Waals surface area contributed by atoms with Gasteiger partial charge in [-0.2, -0.15) is 0 Å². The molecule has 0 atom stereocenters. The van der Waals surface area contributed by atoms with E-state index in [1.54, 1.807) is 10.8 Å². The van der Waals surface area contributed by atoms with Crippen molar-refractivity contribution in [1.82, 2.24) is 9.55 Å². The molecule has 148 valence electrons. The second-order valence-corrected chi connectivity index (χ2v) is 7.64. The van der Waals surface area contributed by atoms with Gasteiger partial charge in [0, 0.05) is 23.9 Å². The number of carbonyl (C=O) groups excluding carboxylic acids is 1. The van der Waals surface area contributed by atoms with Gasteiger partial charge in [-0.3, -0.25) is 4.98 Å². The number of aromatic nitrogens is 2. The number of aliphatic hydroxyl groups excluding tert-OH is 1. The van der Waals surface area contributed by atoms with Crippen LogP contribution in [0.3, 0.4) is 0 Å². The summed E-state index contributed by atoms with van der Waals surface area (Å²) in [6.07, 6.45) is 1.74. The average Bonchev–Trinajstić information content (AvgIpc) is 2.91. The summed E-state index contributed by atoms with van der Waals surface area (Å²) in [5.74, 6) is 0.679. The third-order valence-electron chi connectivity index (χ3n) is 4.36. The minimum absolute atomic E-state index is 0.00665. The lowest BCUT2D eigenvalue weighted by Gasteiger charge is -2.20. The highest BCUT2D eigenvalue weighted by atomic mass is 16.6. The number of fused-ring (bicyclic) bond motifs is 1. The molecule has 0 aliphatic carbocycles. The van der Waals surface area contributed by atoms with Crippen LogP contribution in [0.1, 0.15) is 37.7 Å². The number of hydrogen-bond donors (Lipinski definition) is 1. The molecule has 6 nitrogen and oxygen atoms in total. The SMILES string of the molecule is Cc1c(CCO)c2cc(OCc3ccccn3)ccc2n1C(=O)OC(C)(C)C. The van der Waals surface area contributed by atoms with Crippen LogP contribution < -0.4 is 4.74 Å². The summed E-state index contributed by atoms with van der Waals surface area (Å²) in [5, 5.41) is 10.4. The van der Waals surface area contributed by atoms with E-state index in [0.29, 0.717) is 18.8 Å². The van der Waals surface area contributed by atoms with Gasteiger partial charge in [0.05, 0.1) is 11.2 Å². The standard InChI is InChI=1S/C22H26N2O4/c1-15-18(10-12-25)19-13-17(27-14-16-7-5-6-11-23-16)8-9-20(19)24(15)21(26)28-22(2,3)4/h5-9,11,13,25H,10,12,14H2,1-4H3. The molecule has 1 aromatic carbocycles. The second kappa shape index (κ2) is 8.02. The molecule has 0 unspecified atom stereocenters. The molecule has 0 fully saturated rings. The van der Waals surface area contributed by atoms with Gasteiger partial charge in [-0.25, -0.2) is 9.36 Å². The van der Waals surface area contributed by atoms with Crippen LogP contribution in [0.25, 0.3) is 10.9 Å². The van der Waals surface area contributed by atoms with Gasteiger partial charge < -0.3 is 14.6 Å². The molecule has 3 aromatic rings. The van der Waals surface area contributed by atoms with Crippen LogP contribution >= 0.6 is 0 Å². The fourth-order valence-corrected chi connectivity index (χ4v) is 3.16. The van der Waals surface area contributed by atoms with Crippen molar-refractivity contribution in [2.45, 2.75) is 46.3 Å². The van der Waals surface area contributed by atoms with Crippen LogP contribution in [0.5, 0.6) is 5.75 Å². The highest BCUT2D eigenvalue weighted by Gasteiger charge is 2.23. The molecule has 0 aliphatic heterocycles. The normalized spacial score (nSPS) is 11.6. The molecule has 0 radical (unpaired) electrons. The fourth-order valence-electron chi connectivity index (χ4n) is 3.16. The van der Waals surface area contributed by atoms with E-state index in [1.165, 1.54) is 0 Å². The number of aliphatic hydroxyl groups is 1. The Balaban J connectivity index is 1.97. The zero-order chi connectivity index (χ0) is 20.3. The zero-order valence-electron chi connectivity index (χ0n) is 16.7. The largest absolute Gasteiger partial charge is 0.487 e. The van der Waals surface area contributed by atoms with Crippen LogP contribution in [0.2, 0.25) is 0 Å². The molecule has 3 rings (SSSR count). The topological polar surface area (TPSA) is 73.6 Å². The van der Waals surface area contributed by atoms with Crippen molar-refractivity contribution in [2.75, 3.05) is 6.61 Å². The molecular formula is C22H26N2O4. The highest BCUT2D eigenvalue weighted by molar-refractivity contribution is 5.94. The third-order valence-corrected chi connectivity index (χ3v) is 4.36. The van der Waals surface area contributed by atoms with Crippen LogP contribution in [-0.2, 0) is 17.8 Å². The minimum atomic E-state index is -0.594. The zero-order valence-corrected chi connectivity index (χ0v) is 16.7. The molecule has 28 heavy (non-hydrogen) atoms. The maximum atomic E-state index is 12.7. The fraction of sp³-hybridized carbons (Fsp3) is 0.364. The first-order valence-corrected chi connectivity index (χ1v) is 9.31. The van der Waals surface area contributed by atoms with Crippen molar-refractivity contribution in [3.63, 3.8) is 0 Å². The van der Waals surface area contributed by atoms with Gasteiger partial charge in [-0.15, -0.1) is 0 Å². The van der Waals surface area contributed by atoms with Crippen molar-refractivity contribution in [3.8, 4) is 5.75 Å². The van der Waals surface area contributed by atoms with Crippen molar-refractivity contribution >= 4 is 17.0 Å². The quantitative estimate of drug-likeness (QED) is 0.714. The van der Waals surface area contributed by atoms with Gasteiger partial charge in [0.15, 0.2) is 0 Å². The number of rotatable bonds is 5. The van der Waals surface area contributed by atoms with Crippen molar-refractivity contribution in [3.05, 3.63) is 59.5 Å². The Bertz CT molecular complexity index is 972. The molecule has 0 aliphatic rings. The lowest BCUT2D eigenvalue weighted by Crippen LogP contribution is -2.27. The molecule has 0 amide bonds.